The Balaban J connectivity index is 1.81. The Morgan fingerprint density at radius 2 is 2.04 bits per heavy atom. The number of aromatic hydroxyl groups is 1. The fourth-order valence-corrected chi connectivity index (χ4v) is 3.18. The molecule has 28 heavy (non-hydrogen) atoms. The average Bonchev–Trinajstić information content (AvgIpc) is 3.14. The summed E-state index contributed by atoms with van der Waals surface area (Å²) in [6.45, 7) is 3.41. The lowest BCUT2D eigenvalue weighted by Gasteiger charge is -2.24. The molecular formula is C20H18ClFN4O2. The van der Waals surface area contributed by atoms with E-state index in [0.717, 1.165) is 6.07 Å². The predicted molar refractivity (Wildman–Crippen MR) is 107 cm³/mol. The molecule has 2 aromatic carbocycles. The Hall–Kier alpha value is -2.95. The minimum absolute atomic E-state index is 0.330. The van der Waals surface area contributed by atoms with E-state index in [1.165, 1.54) is 12.1 Å². The summed E-state index contributed by atoms with van der Waals surface area (Å²) in [5.41, 5.74) is 3.44. The van der Waals surface area contributed by atoms with Gasteiger partial charge in [-0.1, -0.05) is 11.6 Å². The van der Waals surface area contributed by atoms with Gasteiger partial charge in [0.15, 0.2) is 11.6 Å². The molecule has 6 nitrogen and oxygen atoms in total. The van der Waals surface area contributed by atoms with E-state index in [1.54, 1.807) is 26.0 Å². The average molecular weight is 401 g/mol. The molecule has 1 aliphatic rings. The normalized spacial score (nSPS) is 15.4. The monoisotopic (exact) mass is 400 g/mol. The lowest BCUT2D eigenvalue weighted by molar-refractivity contribution is 0.192. The van der Waals surface area contributed by atoms with Crippen molar-refractivity contribution in [3.8, 4) is 11.8 Å². The lowest BCUT2D eigenvalue weighted by atomic mass is 9.97. The van der Waals surface area contributed by atoms with Crippen LogP contribution in [0.4, 0.5) is 10.1 Å². The number of aliphatic hydroxyl groups is 1. The largest absolute Gasteiger partial charge is 0.505 e. The van der Waals surface area contributed by atoms with Gasteiger partial charge in [-0.15, -0.1) is 0 Å². The number of nitrogens with one attached hydrogen (secondary N) is 1. The first-order valence-corrected chi connectivity index (χ1v) is 8.95. The molecule has 0 radical (unpaired) electrons. The molecule has 0 saturated heterocycles. The van der Waals surface area contributed by atoms with Crippen LogP contribution in [0.5, 0.6) is 5.75 Å². The van der Waals surface area contributed by atoms with E-state index in [0.29, 0.717) is 45.2 Å². The standard InChI is InChI=1S/C20H18ClFN4O2/c1-10-15(6-4-13(9-23)19(10)21)24-20(11(2)27)17-8-16(25-26-17)12-3-5-14(22)18(28)7-12/h3-7,11,20,24,27-28H,8H2,1-2H3/t11-,20-/m1/s1. The van der Waals surface area contributed by atoms with Gasteiger partial charge in [0.1, 0.15) is 6.07 Å². The van der Waals surface area contributed by atoms with Crippen LogP contribution < -0.4 is 5.32 Å². The molecule has 0 aliphatic carbocycles. The maximum Gasteiger partial charge on any atom is 0.164 e. The molecule has 0 bridgehead atoms. The van der Waals surface area contributed by atoms with Gasteiger partial charge in [-0.05, 0) is 49.7 Å². The Bertz CT molecular complexity index is 1030. The first-order valence-electron chi connectivity index (χ1n) is 8.57. The van der Waals surface area contributed by atoms with Crippen LogP contribution >= 0.6 is 11.6 Å². The molecule has 2 atom stereocenters. The highest BCUT2D eigenvalue weighted by Crippen LogP contribution is 2.29. The molecule has 1 aliphatic heterocycles. The third-order valence-electron chi connectivity index (χ3n) is 4.59. The highest BCUT2D eigenvalue weighted by atomic mass is 35.5. The van der Waals surface area contributed by atoms with Gasteiger partial charge in [0, 0.05) is 17.7 Å². The number of hydrogen-bond donors (Lipinski definition) is 3. The number of rotatable bonds is 5. The quantitative estimate of drug-likeness (QED) is 0.710. The topological polar surface area (TPSA) is 101 Å². The summed E-state index contributed by atoms with van der Waals surface area (Å²) in [7, 11) is 0. The molecule has 0 amide bonds. The Kier molecular flexibility index (Phi) is 5.63. The summed E-state index contributed by atoms with van der Waals surface area (Å²) in [5, 5.41) is 40.8. The van der Waals surface area contributed by atoms with Crippen LogP contribution in [0.15, 0.2) is 40.5 Å². The molecular weight excluding hydrogens is 383 g/mol. The molecule has 0 spiro atoms. The predicted octanol–water partition coefficient (Wildman–Crippen LogP) is 3.78. The van der Waals surface area contributed by atoms with Crippen molar-refractivity contribution in [2.75, 3.05) is 5.32 Å². The van der Waals surface area contributed by atoms with E-state index in [1.807, 2.05) is 6.07 Å². The second-order valence-electron chi connectivity index (χ2n) is 6.56. The van der Waals surface area contributed by atoms with Gasteiger partial charge >= 0.3 is 0 Å². The maximum atomic E-state index is 13.3. The zero-order chi connectivity index (χ0) is 20.4. The van der Waals surface area contributed by atoms with Crippen LogP contribution in [0, 0.1) is 24.1 Å². The first kappa shape index (κ1) is 19.8. The van der Waals surface area contributed by atoms with Crippen LogP contribution in [-0.2, 0) is 0 Å². The molecule has 0 fully saturated rings. The minimum Gasteiger partial charge on any atom is -0.505 e. The van der Waals surface area contributed by atoms with Crippen molar-refractivity contribution in [1.29, 1.82) is 5.26 Å². The first-order chi connectivity index (χ1) is 13.3. The van der Waals surface area contributed by atoms with Gasteiger partial charge in [-0.3, -0.25) is 0 Å². The van der Waals surface area contributed by atoms with E-state index in [9.17, 15) is 14.6 Å². The smallest absolute Gasteiger partial charge is 0.164 e. The van der Waals surface area contributed by atoms with Crippen LogP contribution in [0.3, 0.4) is 0 Å². The van der Waals surface area contributed by atoms with Crippen LogP contribution in [0.25, 0.3) is 0 Å². The SMILES string of the molecule is Cc1c(N[C@@H](C2=NN=C(c3ccc(F)c(O)c3)C2)[C@@H](C)O)ccc(C#N)c1Cl. The number of benzene rings is 2. The maximum absolute atomic E-state index is 13.3. The van der Waals surface area contributed by atoms with Gasteiger partial charge in [0.25, 0.3) is 0 Å². The lowest BCUT2D eigenvalue weighted by Crippen LogP contribution is -2.39. The van der Waals surface area contributed by atoms with E-state index >= 15 is 0 Å². The number of hydrogen-bond acceptors (Lipinski definition) is 6. The summed E-state index contributed by atoms with van der Waals surface area (Å²) in [6, 6.07) is 8.79. The molecule has 2 aromatic rings. The Labute approximate surface area is 166 Å². The van der Waals surface area contributed by atoms with Crippen molar-refractivity contribution >= 4 is 28.7 Å². The highest BCUT2D eigenvalue weighted by molar-refractivity contribution is 6.32. The number of halogens is 2. The summed E-state index contributed by atoms with van der Waals surface area (Å²) in [5.74, 6) is -1.16. The number of nitrogens with zero attached hydrogens (tertiary/aromatic N) is 3. The van der Waals surface area contributed by atoms with Gasteiger partial charge in [-0.2, -0.15) is 15.5 Å². The fourth-order valence-electron chi connectivity index (χ4n) is 2.97. The molecule has 144 valence electrons. The number of phenolic OH excluding ortho intramolecular Hbond substituents is 1. The second-order valence-corrected chi connectivity index (χ2v) is 6.93. The van der Waals surface area contributed by atoms with Crippen molar-refractivity contribution in [2.24, 2.45) is 10.2 Å². The molecule has 0 saturated carbocycles. The summed E-state index contributed by atoms with van der Waals surface area (Å²) >= 11 is 6.22. The van der Waals surface area contributed by atoms with E-state index in [-0.39, 0.29) is 0 Å². The van der Waals surface area contributed by atoms with Gasteiger partial charge in [0.05, 0.1) is 34.2 Å². The number of phenols is 1. The molecule has 0 aromatic heterocycles. The summed E-state index contributed by atoms with van der Waals surface area (Å²) in [6.07, 6.45) is -0.458. The molecule has 3 N–H and O–H groups in total. The van der Waals surface area contributed by atoms with E-state index in [4.69, 9.17) is 16.9 Å². The molecule has 0 unspecified atom stereocenters. The second kappa shape index (κ2) is 7.97. The Morgan fingerprint density at radius 1 is 1.29 bits per heavy atom. The van der Waals surface area contributed by atoms with Gasteiger partial charge in [-0.25, -0.2) is 4.39 Å². The van der Waals surface area contributed by atoms with Crippen molar-refractivity contribution in [3.63, 3.8) is 0 Å². The van der Waals surface area contributed by atoms with Crippen molar-refractivity contribution in [3.05, 3.63) is 57.9 Å². The van der Waals surface area contributed by atoms with Crippen molar-refractivity contribution in [1.82, 2.24) is 0 Å². The number of anilines is 1. The zero-order valence-electron chi connectivity index (χ0n) is 15.2. The minimum atomic E-state index is -0.788. The fraction of sp³-hybridized carbons (Fsp3) is 0.250. The molecule has 1 heterocycles. The van der Waals surface area contributed by atoms with Crippen molar-refractivity contribution in [2.45, 2.75) is 32.4 Å². The highest BCUT2D eigenvalue weighted by Gasteiger charge is 2.27. The third kappa shape index (κ3) is 3.84. The third-order valence-corrected chi connectivity index (χ3v) is 5.07. The van der Waals surface area contributed by atoms with Crippen LogP contribution in [0.1, 0.15) is 30.0 Å². The zero-order valence-corrected chi connectivity index (χ0v) is 16.0. The van der Waals surface area contributed by atoms with Gasteiger partial charge in [0.2, 0.25) is 0 Å². The summed E-state index contributed by atoms with van der Waals surface area (Å²) < 4.78 is 13.3. The summed E-state index contributed by atoms with van der Waals surface area (Å²) in [4.78, 5) is 0. The number of aliphatic hydroxyl groups excluding tert-OH is 1. The van der Waals surface area contributed by atoms with Gasteiger partial charge < -0.3 is 15.5 Å². The molecule has 8 heteroatoms. The van der Waals surface area contributed by atoms with Crippen molar-refractivity contribution < 1.29 is 14.6 Å². The van der Waals surface area contributed by atoms with E-state index in [2.05, 4.69) is 15.5 Å². The van der Waals surface area contributed by atoms with E-state index < -0.39 is 23.7 Å². The Morgan fingerprint density at radius 3 is 2.68 bits per heavy atom. The molecule has 3 rings (SSSR count). The number of nitriles is 1. The van der Waals surface area contributed by atoms with Crippen LogP contribution in [0.2, 0.25) is 5.02 Å². The van der Waals surface area contributed by atoms with Crippen LogP contribution in [-0.4, -0.2) is 33.8 Å².